The van der Waals surface area contributed by atoms with Crippen molar-refractivity contribution in [3.05, 3.63) is 80.7 Å². The van der Waals surface area contributed by atoms with Crippen molar-refractivity contribution >= 4 is 11.2 Å². The summed E-state index contributed by atoms with van der Waals surface area (Å²) in [5.74, 6) is 0.705. The molecule has 0 bridgehead atoms. The van der Waals surface area contributed by atoms with Gasteiger partial charge in [-0.05, 0) is 49.0 Å². The Balaban J connectivity index is 1.40. The van der Waals surface area contributed by atoms with Crippen molar-refractivity contribution in [2.24, 2.45) is 7.05 Å². The zero-order valence-corrected chi connectivity index (χ0v) is 20.9. The fourth-order valence-electron chi connectivity index (χ4n) is 4.24. The minimum absolute atomic E-state index is 0.0849. The van der Waals surface area contributed by atoms with E-state index < -0.39 is 11.2 Å². The molecule has 1 aliphatic heterocycles. The second kappa shape index (κ2) is 10.6. The molecule has 0 radical (unpaired) electrons. The van der Waals surface area contributed by atoms with E-state index in [9.17, 15) is 14.0 Å². The Bertz CT molecular complexity index is 1510. The van der Waals surface area contributed by atoms with Crippen LogP contribution in [0.1, 0.15) is 5.56 Å². The van der Waals surface area contributed by atoms with Gasteiger partial charge in [-0.25, -0.2) is 18.7 Å². The lowest BCUT2D eigenvalue weighted by Gasteiger charge is -2.32. The van der Waals surface area contributed by atoms with Crippen LogP contribution in [0.3, 0.4) is 0 Å². The Kier molecular flexibility index (Phi) is 7.06. The first-order valence-corrected chi connectivity index (χ1v) is 12.2. The van der Waals surface area contributed by atoms with Gasteiger partial charge < -0.3 is 9.64 Å². The van der Waals surface area contributed by atoms with Crippen LogP contribution in [0.2, 0.25) is 0 Å². The number of nitrogens with zero attached hydrogens (tertiary/aromatic N) is 6. The Hall–Kier alpha value is -3.96. The molecule has 0 aliphatic carbocycles. The van der Waals surface area contributed by atoms with Gasteiger partial charge in [-0.3, -0.25) is 9.69 Å². The van der Waals surface area contributed by atoms with E-state index in [0.717, 1.165) is 48.6 Å². The van der Waals surface area contributed by atoms with E-state index in [-0.39, 0.29) is 23.5 Å². The van der Waals surface area contributed by atoms with Gasteiger partial charge in [0.1, 0.15) is 24.7 Å². The van der Waals surface area contributed by atoms with Crippen LogP contribution in [0.15, 0.2) is 58.1 Å². The Morgan fingerprint density at radius 3 is 2.41 bits per heavy atom. The zero-order chi connectivity index (χ0) is 25.9. The number of hydrogen-bond acceptors (Lipinski definition) is 7. The van der Waals surface area contributed by atoms with Gasteiger partial charge in [0, 0.05) is 45.3 Å². The second-order valence-electron chi connectivity index (χ2n) is 9.23. The van der Waals surface area contributed by atoms with E-state index in [2.05, 4.69) is 31.9 Å². The van der Waals surface area contributed by atoms with E-state index in [4.69, 9.17) is 4.74 Å². The van der Waals surface area contributed by atoms with Crippen molar-refractivity contribution in [3.63, 3.8) is 0 Å². The molecule has 0 spiro atoms. The number of ether oxygens (including phenoxy) is 1. The summed E-state index contributed by atoms with van der Waals surface area (Å²) < 4.78 is 21.8. The fourth-order valence-corrected chi connectivity index (χ4v) is 4.24. The van der Waals surface area contributed by atoms with Crippen molar-refractivity contribution in [2.75, 3.05) is 46.4 Å². The van der Waals surface area contributed by atoms with E-state index in [1.807, 2.05) is 24.3 Å². The minimum Gasteiger partial charge on any atom is -0.492 e. The molecular weight excluding hydrogens is 477 g/mol. The van der Waals surface area contributed by atoms with Gasteiger partial charge in [0.05, 0.1) is 0 Å². The summed E-state index contributed by atoms with van der Waals surface area (Å²) in [7, 11) is 3.52. The van der Waals surface area contributed by atoms with Gasteiger partial charge in [0.25, 0.3) is 5.56 Å². The highest BCUT2D eigenvalue weighted by molar-refractivity contribution is 5.68. The lowest BCUT2D eigenvalue weighted by Crippen LogP contribution is -2.45. The maximum absolute atomic E-state index is 13.4. The molecular formula is C26H29FN7O3+. The van der Waals surface area contributed by atoms with Crippen molar-refractivity contribution in [1.82, 2.24) is 29.4 Å². The van der Waals surface area contributed by atoms with Gasteiger partial charge in [-0.1, -0.05) is 17.2 Å². The van der Waals surface area contributed by atoms with Crippen molar-refractivity contribution < 1.29 is 13.8 Å². The standard InChI is InChI=1S/C26H28FN7O3/c1-31-11-13-33(14-12-31)15-16-37-21-9-5-19(6-10-21)23-28-22-24(29-26(36)32(2)25(22)35)34(30-23)17-18-3-7-20(27)8-4-18/h3-10H,11-17H2,1-2H3/p+1. The molecule has 1 aliphatic rings. The number of piperazine rings is 1. The number of halogens is 1. The molecule has 4 aromatic rings. The largest absolute Gasteiger partial charge is 0.492 e. The number of hydrogen-bond donors (Lipinski definition) is 1. The third-order valence-electron chi connectivity index (χ3n) is 6.58. The summed E-state index contributed by atoms with van der Waals surface area (Å²) in [6.45, 7) is 5.90. The van der Waals surface area contributed by atoms with Crippen molar-refractivity contribution in [3.8, 4) is 17.1 Å². The molecule has 192 valence electrons. The number of H-pyrrole nitrogens is 1. The Morgan fingerprint density at radius 2 is 1.70 bits per heavy atom. The van der Waals surface area contributed by atoms with Crippen molar-refractivity contribution in [2.45, 2.75) is 6.54 Å². The highest BCUT2D eigenvalue weighted by Gasteiger charge is 2.21. The molecule has 0 unspecified atom stereocenters. The molecule has 5 rings (SSSR count). The van der Waals surface area contributed by atoms with Crippen LogP contribution < -0.4 is 20.7 Å². The van der Waals surface area contributed by atoms with Crippen LogP contribution in [-0.2, 0) is 13.6 Å². The summed E-state index contributed by atoms with van der Waals surface area (Å²) in [5.41, 5.74) is 0.628. The highest BCUT2D eigenvalue weighted by atomic mass is 19.1. The quantitative estimate of drug-likeness (QED) is 0.370. The van der Waals surface area contributed by atoms with Crippen LogP contribution in [0.5, 0.6) is 5.75 Å². The number of aromatic nitrogens is 5. The van der Waals surface area contributed by atoms with Crippen LogP contribution in [0.25, 0.3) is 22.6 Å². The average molecular weight is 507 g/mol. The Labute approximate surface area is 212 Å². The number of aromatic amines is 1. The molecule has 11 heteroatoms. The summed E-state index contributed by atoms with van der Waals surface area (Å²) >= 11 is 0. The summed E-state index contributed by atoms with van der Waals surface area (Å²) in [4.78, 5) is 37.0. The molecule has 3 heterocycles. The monoisotopic (exact) mass is 506 g/mol. The average Bonchev–Trinajstić information content (AvgIpc) is 2.90. The third kappa shape index (κ3) is 5.57. The number of benzene rings is 2. The third-order valence-corrected chi connectivity index (χ3v) is 6.58. The summed E-state index contributed by atoms with van der Waals surface area (Å²) in [6, 6.07) is 13.3. The molecule has 2 aromatic heterocycles. The molecule has 37 heavy (non-hydrogen) atoms. The first kappa shape index (κ1) is 24.7. The fraction of sp³-hybridized carbons (Fsp3) is 0.346. The van der Waals surface area contributed by atoms with Crippen LogP contribution in [0.4, 0.5) is 4.39 Å². The normalized spacial score (nSPS) is 14.8. The van der Waals surface area contributed by atoms with Crippen molar-refractivity contribution in [1.29, 1.82) is 0 Å². The maximum Gasteiger partial charge on any atom is 0.416 e. The number of fused-ring (bicyclic) bond motifs is 1. The maximum atomic E-state index is 13.4. The predicted octanol–water partition coefficient (Wildman–Crippen LogP) is 0.785. The lowest BCUT2D eigenvalue weighted by atomic mass is 10.2. The molecule has 0 atom stereocenters. The van der Waals surface area contributed by atoms with Gasteiger partial charge in [0.15, 0.2) is 0 Å². The van der Waals surface area contributed by atoms with E-state index in [1.165, 1.54) is 23.9 Å². The van der Waals surface area contributed by atoms with Gasteiger partial charge in [-0.2, -0.15) is 4.98 Å². The molecule has 1 N–H and O–H groups in total. The Morgan fingerprint density at radius 1 is 1.00 bits per heavy atom. The second-order valence-corrected chi connectivity index (χ2v) is 9.23. The van der Waals surface area contributed by atoms with Gasteiger partial charge >= 0.3 is 11.3 Å². The molecule has 1 saturated heterocycles. The van der Waals surface area contributed by atoms with E-state index in [1.54, 1.807) is 12.1 Å². The van der Waals surface area contributed by atoms with Gasteiger partial charge in [-0.15, -0.1) is 4.68 Å². The van der Waals surface area contributed by atoms with Crippen LogP contribution >= 0.6 is 0 Å². The number of likely N-dealkylation sites (N-methyl/N-ethyl adjacent to an activating group) is 1. The summed E-state index contributed by atoms with van der Waals surface area (Å²) in [6.07, 6.45) is 0. The minimum atomic E-state index is -0.570. The first-order chi connectivity index (χ1) is 17.9. The smallest absolute Gasteiger partial charge is 0.416 e. The predicted molar refractivity (Wildman–Crippen MR) is 136 cm³/mol. The van der Waals surface area contributed by atoms with E-state index >= 15 is 0 Å². The van der Waals surface area contributed by atoms with Crippen LogP contribution in [0, 0.1) is 5.82 Å². The highest BCUT2D eigenvalue weighted by Crippen LogP contribution is 2.19. The SMILES string of the molecule is CN1CCN(CCOc2ccc(-c3nc4c(=O)n(C)c(=O)[nH]c4[n+](Cc4ccc(F)cc4)n3)cc2)CC1. The molecule has 0 amide bonds. The topological polar surface area (TPSA) is 100 Å². The lowest BCUT2D eigenvalue weighted by molar-refractivity contribution is -0.722. The number of nitrogens with one attached hydrogen (secondary N) is 1. The molecule has 10 nitrogen and oxygen atoms in total. The molecule has 0 saturated carbocycles. The van der Waals surface area contributed by atoms with E-state index in [0.29, 0.717) is 18.0 Å². The number of rotatable bonds is 7. The van der Waals surface area contributed by atoms with Gasteiger partial charge in [0.2, 0.25) is 11.3 Å². The molecule has 1 fully saturated rings. The first-order valence-electron chi connectivity index (χ1n) is 12.2. The molecule has 2 aromatic carbocycles. The summed E-state index contributed by atoms with van der Waals surface area (Å²) in [5, 5.41) is 4.60. The van der Waals surface area contributed by atoms with Crippen LogP contribution in [-0.4, -0.2) is 75.8 Å². The zero-order valence-electron chi connectivity index (χ0n) is 20.9.